The molecule has 0 atom stereocenters. The van der Waals surface area contributed by atoms with Crippen LogP contribution in [0.1, 0.15) is 22.8 Å². The minimum atomic E-state index is -5.08. The van der Waals surface area contributed by atoms with Crippen molar-refractivity contribution in [3.05, 3.63) is 132 Å². The highest BCUT2D eigenvalue weighted by Crippen LogP contribution is 2.39. The molecule has 3 aromatic heterocycles. The summed E-state index contributed by atoms with van der Waals surface area (Å²) in [6, 6.07) is 38.9. The maximum absolute atomic E-state index is 10.6. The van der Waals surface area contributed by atoms with Gasteiger partial charge in [0, 0.05) is 27.6 Å². The summed E-state index contributed by atoms with van der Waals surface area (Å²) < 4.78 is 31.7. The van der Waals surface area contributed by atoms with Crippen LogP contribution in [0.4, 0.5) is 13.2 Å². The fourth-order valence-corrected chi connectivity index (χ4v) is 6.30. The SMILES string of the molecule is C1=Cc2cc3ccc([nH]3)c(-c3cccc4ccc5cc6ccccc6cc5c34)c3nc(cc4ccc(cc1n2)[nH]4)C=C3.O=C(O)C(F)(F)F. The van der Waals surface area contributed by atoms with Gasteiger partial charge >= 0.3 is 12.1 Å². The zero-order valence-electron chi connectivity index (χ0n) is 25.6. The number of nitrogens with one attached hydrogen (secondary N) is 2. The lowest BCUT2D eigenvalue weighted by Crippen LogP contribution is -2.21. The average molecular weight is 651 g/mol. The molecule has 0 unspecified atom stereocenters. The monoisotopic (exact) mass is 650 g/mol. The molecule has 0 saturated carbocycles. The summed E-state index contributed by atoms with van der Waals surface area (Å²) in [5.41, 5.74) is 9.92. The van der Waals surface area contributed by atoms with Gasteiger partial charge in [0.1, 0.15) is 0 Å². The van der Waals surface area contributed by atoms with Crippen LogP contribution in [0.3, 0.4) is 0 Å². The third-order valence-corrected chi connectivity index (χ3v) is 8.46. The van der Waals surface area contributed by atoms with Gasteiger partial charge < -0.3 is 15.1 Å². The van der Waals surface area contributed by atoms with E-state index in [0.29, 0.717) is 0 Å². The van der Waals surface area contributed by atoms with E-state index in [4.69, 9.17) is 19.9 Å². The number of hydrogen-bond acceptors (Lipinski definition) is 3. The molecular formula is C40H25F3N4O2. The fraction of sp³-hybridized carbons (Fsp3) is 0.0250. The predicted octanol–water partition coefficient (Wildman–Crippen LogP) is 10.4. The zero-order valence-corrected chi connectivity index (χ0v) is 25.6. The normalized spacial score (nSPS) is 12.4. The molecule has 4 aromatic carbocycles. The Labute approximate surface area is 276 Å². The van der Waals surface area contributed by atoms with Crippen LogP contribution in [0, 0.1) is 0 Å². The van der Waals surface area contributed by atoms with Gasteiger partial charge in [-0.05, 0) is 117 Å². The Kier molecular flexibility index (Phi) is 7.10. The van der Waals surface area contributed by atoms with E-state index in [1.807, 2.05) is 6.08 Å². The first-order chi connectivity index (χ1) is 23.7. The van der Waals surface area contributed by atoms with Crippen LogP contribution in [-0.2, 0) is 4.79 Å². The van der Waals surface area contributed by atoms with Crippen molar-refractivity contribution in [3.8, 4) is 11.1 Å². The molecule has 9 rings (SSSR count). The molecule has 49 heavy (non-hydrogen) atoms. The number of rotatable bonds is 1. The molecular weight excluding hydrogens is 625 g/mol. The summed E-state index contributed by atoms with van der Waals surface area (Å²) in [6.45, 7) is 0. The molecule has 5 heterocycles. The summed E-state index contributed by atoms with van der Waals surface area (Å²) in [7, 11) is 0. The quantitative estimate of drug-likeness (QED) is 0.122. The predicted molar refractivity (Wildman–Crippen MR) is 191 cm³/mol. The highest BCUT2D eigenvalue weighted by Gasteiger charge is 2.38. The summed E-state index contributed by atoms with van der Waals surface area (Å²) >= 11 is 0. The van der Waals surface area contributed by atoms with Crippen molar-refractivity contribution >= 4 is 84.7 Å². The number of carbonyl (C=O) groups is 1. The Hall–Kier alpha value is -6.48. The van der Waals surface area contributed by atoms with Gasteiger partial charge in [-0.15, -0.1) is 0 Å². The standard InChI is InChI=1S/C38H24N4.C2HF3O2/c1-2-5-25-19-34-26(18-24(25)4-1)9-8-23-6-3-7-33(37(23)34)38-35-16-14-31(41-35)21-29-12-10-27(39-29)20-28-11-13-30(40-28)22-32-15-17-36(38)42-32;3-2(4,5)1(6)7/h1-22,39,42H;(H,6,7). The number of halogens is 3. The number of alkyl halides is 3. The lowest BCUT2D eigenvalue weighted by molar-refractivity contribution is -0.192. The van der Waals surface area contributed by atoms with Crippen LogP contribution in [0.2, 0.25) is 0 Å². The molecule has 3 N–H and O–H groups in total. The Bertz CT molecular complexity index is 2700. The minimum absolute atomic E-state index is 0.908. The molecule has 0 fully saturated rings. The molecule has 0 aliphatic carbocycles. The maximum atomic E-state index is 10.6. The number of aromatic nitrogens is 4. The lowest BCUT2D eigenvalue weighted by Gasteiger charge is -2.12. The number of carboxylic acids is 1. The molecule has 0 radical (unpaired) electrons. The number of fused-ring (bicyclic) bond motifs is 12. The first-order valence-corrected chi connectivity index (χ1v) is 15.4. The van der Waals surface area contributed by atoms with E-state index in [0.717, 1.165) is 56.0 Å². The highest BCUT2D eigenvalue weighted by molar-refractivity contribution is 6.18. The van der Waals surface area contributed by atoms with E-state index in [9.17, 15) is 13.2 Å². The largest absolute Gasteiger partial charge is 0.490 e. The molecule has 7 aromatic rings. The Morgan fingerprint density at radius 3 is 1.86 bits per heavy atom. The van der Waals surface area contributed by atoms with E-state index >= 15 is 0 Å². The number of aromatic amines is 2. The number of nitrogens with zero attached hydrogens (tertiary/aromatic N) is 2. The molecule has 238 valence electrons. The van der Waals surface area contributed by atoms with Gasteiger partial charge in [-0.25, -0.2) is 14.8 Å². The van der Waals surface area contributed by atoms with E-state index in [-0.39, 0.29) is 0 Å². The number of carboxylic acid groups (broad SMARTS) is 1. The van der Waals surface area contributed by atoms with Crippen LogP contribution >= 0.6 is 0 Å². The van der Waals surface area contributed by atoms with Gasteiger partial charge in [0.05, 0.1) is 22.8 Å². The van der Waals surface area contributed by atoms with Crippen LogP contribution in [-0.4, -0.2) is 37.2 Å². The number of benzene rings is 4. The second kappa shape index (κ2) is 11.6. The number of hydrogen-bond donors (Lipinski definition) is 3. The number of aliphatic carboxylic acids is 1. The summed E-state index contributed by atoms with van der Waals surface area (Å²) in [4.78, 5) is 26.0. The van der Waals surface area contributed by atoms with Crippen molar-refractivity contribution in [1.82, 2.24) is 19.9 Å². The summed E-state index contributed by atoms with van der Waals surface area (Å²) in [5, 5.41) is 14.5. The fourth-order valence-electron chi connectivity index (χ4n) is 6.30. The molecule has 0 saturated heterocycles. The van der Waals surface area contributed by atoms with Gasteiger partial charge in [0.15, 0.2) is 0 Å². The van der Waals surface area contributed by atoms with Gasteiger partial charge in [0.2, 0.25) is 0 Å². The van der Waals surface area contributed by atoms with Gasteiger partial charge in [0.25, 0.3) is 0 Å². The molecule has 8 bridgehead atoms. The second-order valence-corrected chi connectivity index (χ2v) is 11.7. The topological polar surface area (TPSA) is 94.7 Å². The zero-order chi connectivity index (χ0) is 33.7. The minimum Gasteiger partial charge on any atom is -0.475 e. The molecule has 2 aliphatic rings. The Morgan fingerprint density at radius 1 is 0.592 bits per heavy atom. The van der Waals surface area contributed by atoms with Crippen molar-refractivity contribution in [1.29, 1.82) is 0 Å². The third-order valence-electron chi connectivity index (χ3n) is 8.46. The van der Waals surface area contributed by atoms with E-state index < -0.39 is 12.1 Å². The van der Waals surface area contributed by atoms with Crippen molar-refractivity contribution in [3.63, 3.8) is 0 Å². The van der Waals surface area contributed by atoms with Crippen molar-refractivity contribution < 1.29 is 23.1 Å². The molecule has 0 amide bonds. The lowest BCUT2D eigenvalue weighted by atomic mass is 9.91. The van der Waals surface area contributed by atoms with Gasteiger partial charge in [-0.3, -0.25) is 0 Å². The Balaban J connectivity index is 0.000000453. The van der Waals surface area contributed by atoms with Crippen molar-refractivity contribution in [2.45, 2.75) is 6.18 Å². The van der Waals surface area contributed by atoms with E-state index in [1.54, 1.807) is 0 Å². The average Bonchev–Trinajstić information content (AvgIpc) is 3.91. The molecule has 2 aliphatic heterocycles. The van der Waals surface area contributed by atoms with Gasteiger partial charge in [-0.1, -0.05) is 54.6 Å². The van der Waals surface area contributed by atoms with Gasteiger partial charge in [-0.2, -0.15) is 13.2 Å². The maximum Gasteiger partial charge on any atom is 0.490 e. The first-order valence-electron chi connectivity index (χ1n) is 15.4. The van der Waals surface area contributed by atoms with Crippen LogP contribution in [0.25, 0.3) is 89.8 Å². The molecule has 6 nitrogen and oxygen atoms in total. The highest BCUT2D eigenvalue weighted by atomic mass is 19.4. The van der Waals surface area contributed by atoms with Crippen molar-refractivity contribution in [2.24, 2.45) is 0 Å². The van der Waals surface area contributed by atoms with Crippen LogP contribution in [0.5, 0.6) is 0 Å². The summed E-state index contributed by atoms with van der Waals surface area (Å²) in [5.74, 6) is -2.76. The molecule has 9 heteroatoms. The molecule has 0 spiro atoms. The number of H-pyrrole nitrogens is 2. The summed E-state index contributed by atoms with van der Waals surface area (Å²) in [6.07, 6.45) is 3.24. The van der Waals surface area contributed by atoms with Crippen LogP contribution in [0.15, 0.2) is 109 Å². The Morgan fingerprint density at radius 2 is 1.16 bits per heavy atom. The van der Waals surface area contributed by atoms with E-state index in [1.165, 1.54) is 32.3 Å². The first kappa shape index (κ1) is 29.9. The second-order valence-electron chi connectivity index (χ2n) is 11.7. The third kappa shape index (κ3) is 5.82. The van der Waals surface area contributed by atoms with Crippen molar-refractivity contribution in [2.75, 3.05) is 0 Å². The smallest absolute Gasteiger partial charge is 0.475 e. The van der Waals surface area contributed by atoms with E-state index in [2.05, 4.69) is 137 Å². The van der Waals surface area contributed by atoms with Crippen LogP contribution < -0.4 is 0 Å².